The molecule has 2 aromatic rings. The highest BCUT2D eigenvalue weighted by atomic mass is 35.5. The molecule has 9 heteroatoms. The minimum atomic E-state index is -0.486. The number of aromatic nitrogens is 1. The second-order valence-electron chi connectivity index (χ2n) is 9.47. The highest BCUT2D eigenvalue weighted by Gasteiger charge is 2.37. The maximum Gasteiger partial charge on any atom is 0.273 e. The van der Waals surface area contributed by atoms with Crippen molar-refractivity contribution in [3.63, 3.8) is 0 Å². The molecule has 1 aromatic carbocycles. The molecule has 0 N–H and O–H groups in total. The van der Waals surface area contributed by atoms with Crippen molar-refractivity contribution in [3.8, 4) is 5.75 Å². The number of aryl methyl sites for hydroxylation is 1. The number of nitrogens with zero attached hydrogens (tertiary/aromatic N) is 5. The number of likely N-dealkylation sites (N-methyl/N-ethyl adjacent to an activating group) is 1. The van der Waals surface area contributed by atoms with Gasteiger partial charge in [0, 0.05) is 43.7 Å². The summed E-state index contributed by atoms with van der Waals surface area (Å²) in [4.78, 5) is 16.0. The fraction of sp³-hybridized carbons (Fsp3) is 0.481. The van der Waals surface area contributed by atoms with Crippen molar-refractivity contribution < 1.29 is 14.2 Å². The number of halogens is 1. The second-order valence-corrected chi connectivity index (χ2v) is 9.91. The number of amidine groups is 1. The van der Waals surface area contributed by atoms with Gasteiger partial charge in [0.15, 0.2) is 12.1 Å². The number of hydrogen-bond donors (Lipinski definition) is 0. The van der Waals surface area contributed by atoms with E-state index in [0.29, 0.717) is 18.9 Å². The summed E-state index contributed by atoms with van der Waals surface area (Å²) in [5.41, 5.74) is 3.12. The van der Waals surface area contributed by atoms with Crippen molar-refractivity contribution >= 4 is 17.4 Å². The first kappa shape index (κ1) is 24.9. The number of hydrogen-bond acceptors (Lipinski definition) is 8. The maximum absolute atomic E-state index is 6.31. The monoisotopic (exact) mass is 511 g/mol. The summed E-state index contributed by atoms with van der Waals surface area (Å²) in [6.45, 7) is 5.75. The molecule has 5 rings (SSSR count). The molecular formula is C27H34ClN5O3. The Labute approximate surface area is 218 Å². The number of fused-ring (bicyclic) bond motifs is 1. The van der Waals surface area contributed by atoms with Crippen molar-refractivity contribution in [2.24, 2.45) is 4.99 Å². The highest BCUT2D eigenvalue weighted by Crippen LogP contribution is 2.30. The van der Waals surface area contributed by atoms with E-state index in [2.05, 4.69) is 32.9 Å². The number of pyridine rings is 1. The van der Waals surface area contributed by atoms with Gasteiger partial charge in [0.2, 0.25) is 0 Å². The summed E-state index contributed by atoms with van der Waals surface area (Å²) < 4.78 is 17.9. The molecule has 0 bridgehead atoms. The SMILES string of the molecule is Cc1ccc(OC2N=C3C(=CN(CCCOC4CCCCO4)CN3C)N2Cc2ccc(Cl)cc2)cn1. The van der Waals surface area contributed by atoms with Gasteiger partial charge in [-0.3, -0.25) is 4.98 Å². The molecule has 0 saturated carbocycles. The van der Waals surface area contributed by atoms with Crippen LogP contribution in [-0.4, -0.2) is 71.6 Å². The first-order valence-corrected chi connectivity index (χ1v) is 13.0. The Kier molecular flexibility index (Phi) is 7.94. The zero-order chi connectivity index (χ0) is 24.9. The van der Waals surface area contributed by atoms with Crippen LogP contribution in [0.15, 0.2) is 59.5 Å². The van der Waals surface area contributed by atoms with Crippen LogP contribution < -0.4 is 4.74 Å². The van der Waals surface area contributed by atoms with E-state index in [1.54, 1.807) is 6.20 Å². The standard InChI is InChI=1S/C27H34ClN5O3/c1-20-7-12-23(16-29-20)36-27-30-26-24(33(27)17-21-8-10-22(28)11-9-21)18-32(19-31(26)2)13-5-15-35-25-6-3-4-14-34-25/h7-12,16,18,25,27H,3-6,13-15,17,19H2,1-2H3. The summed E-state index contributed by atoms with van der Waals surface area (Å²) >= 11 is 6.13. The Morgan fingerprint density at radius 2 is 2.00 bits per heavy atom. The summed E-state index contributed by atoms with van der Waals surface area (Å²) in [6.07, 6.45) is 7.65. The molecule has 36 heavy (non-hydrogen) atoms. The van der Waals surface area contributed by atoms with Crippen molar-refractivity contribution in [2.75, 3.05) is 33.5 Å². The zero-order valence-corrected chi connectivity index (χ0v) is 21.7. The summed E-state index contributed by atoms with van der Waals surface area (Å²) in [5, 5.41) is 0.722. The van der Waals surface area contributed by atoms with Gasteiger partial charge in [0.1, 0.15) is 11.4 Å². The molecule has 3 aliphatic rings. The predicted molar refractivity (Wildman–Crippen MR) is 139 cm³/mol. The minimum Gasteiger partial charge on any atom is -0.449 e. The lowest BCUT2D eigenvalue weighted by molar-refractivity contribution is -0.163. The Morgan fingerprint density at radius 3 is 2.75 bits per heavy atom. The fourth-order valence-corrected chi connectivity index (χ4v) is 4.74. The van der Waals surface area contributed by atoms with E-state index in [9.17, 15) is 0 Å². The van der Waals surface area contributed by atoms with Crippen molar-refractivity contribution in [2.45, 2.75) is 51.8 Å². The van der Waals surface area contributed by atoms with E-state index < -0.39 is 6.35 Å². The fourth-order valence-electron chi connectivity index (χ4n) is 4.61. The lowest BCUT2D eigenvalue weighted by Gasteiger charge is -2.36. The maximum atomic E-state index is 6.31. The third-order valence-corrected chi connectivity index (χ3v) is 6.77. The third-order valence-electron chi connectivity index (χ3n) is 6.52. The molecule has 2 unspecified atom stereocenters. The first-order chi connectivity index (χ1) is 17.5. The first-order valence-electron chi connectivity index (χ1n) is 12.6. The molecular weight excluding hydrogens is 478 g/mol. The topological polar surface area (TPSA) is 62.7 Å². The average Bonchev–Trinajstić information content (AvgIpc) is 3.22. The molecule has 1 aromatic heterocycles. The molecule has 0 radical (unpaired) electrons. The normalized spacial score (nSPS) is 21.8. The van der Waals surface area contributed by atoms with E-state index in [1.807, 2.05) is 43.3 Å². The molecule has 192 valence electrons. The van der Waals surface area contributed by atoms with E-state index >= 15 is 0 Å². The third kappa shape index (κ3) is 6.11. The van der Waals surface area contributed by atoms with Crippen LogP contribution in [0.4, 0.5) is 0 Å². The van der Waals surface area contributed by atoms with Gasteiger partial charge >= 0.3 is 0 Å². The van der Waals surface area contributed by atoms with Crippen molar-refractivity contribution in [3.05, 3.63) is 70.8 Å². The van der Waals surface area contributed by atoms with Gasteiger partial charge < -0.3 is 28.9 Å². The molecule has 8 nitrogen and oxygen atoms in total. The second kappa shape index (κ2) is 11.5. The van der Waals surface area contributed by atoms with Crippen LogP contribution in [0.5, 0.6) is 5.75 Å². The molecule has 1 saturated heterocycles. The van der Waals surface area contributed by atoms with Gasteiger partial charge in [0.05, 0.1) is 19.5 Å². The van der Waals surface area contributed by atoms with Gasteiger partial charge in [-0.05, 0) is 62.4 Å². The van der Waals surface area contributed by atoms with Gasteiger partial charge in [-0.2, -0.15) is 0 Å². The number of benzene rings is 1. The van der Waals surface area contributed by atoms with Crippen molar-refractivity contribution in [1.82, 2.24) is 19.7 Å². The smallest absolute Gasteiger partial charge is 0.273 e. The summed E-state index contributed by atoms with van der Waals surface area (Å²) in [6, 6.07) is 11.8. The van der Waals surface area contributed by atoms with Crippen LogP contribution in [0, 0.1) is 6.92 Å². The van der Waals surface area contributed by atoms with Crippen LogP contribution in [0.25, 0.3) is 0 Å². The molecule has 2 atom stereocenters. The molecule has 1 fully saturated rings. The summed E-state index contributed by atoms with van der Waals surface area (Å²) in [5.74, 6) is 1.62. The highest BCUT2D eigenvalue weighted by molar-refractivity contribution is 6.30. The van der Waals surface area contributed by atoms with Gasteiger partial charge in [0.25, 0.3) is 6.35 Å². The molecule has 0 aliphatic carbocycles. The van der Waals surface area contributed by atoms with Crippen LogP contribution in [0.3, 0.4) is 0 Å². The van der Waals surface area contributed by atoms with Crippen LogP contribution in [0.1, 0.15) is 36.9 Å². The van der Waals surface area contributed by atoms with Gasteiger partial charge in [-0.1, -0.05) is 23.7 Å². The quantitative estimate of drug-likeness (QED) is 0.456. The van der Waals surface area contributed by atoms with Gasteiger partial charge in [-0.25, -0.2) is 4.99 Å². The molecule has 4 heterocycles. The van der Waals surface area contributed by atoms with E-state index in [1.165, 1.54) is 6.42 Å². The van der Waals surface area contributed by atoms with E-state index in [4.69, 9.17) is 30.8 Å². The molecule has 0 spiro atoms. The zero-order valence-electron chi connectivity index (χ0n) is 21.0. The van der Waals surface area contributed by atoms with Crippen LogP contribution in [-0.2, 0) is 16.0 Å². The van der Waals surface area contributed by atoms with E-state index in [0.717, 1.165) is 66.9 Å². The lowest BCUT2D eigenvalue weighted by atomic mass is 10.2. The van der Waals surface area contributed by atoms with Crippen LogP contribution in [0.2, 0.25) is 5.02 Å². The molecule has 3 aliphatic heterocycles. The Hall–Kier alpha value is -2.81. The van der Waals surface area contributed by atoms with Crippen LogP contribution >= 0.6 is 11.6 Å². The molecule has 0 amide bonds. The number of rotatable bonds is 9. The largest absolute Gasteiger partial charge is 0.449 e. The summed E-state index contributed by atoms with van der Waals surface area (Å²) in [7, 11) is 2.07. The van der Waals surface area contributed by atoms with Crippen molar-refractivity contribution in [1.29, 1.82) is 0 Å². The van der Waals surface area contributed by atoms with Gasteiger partial charge in [-0.15, -0.1) is 0 Å². The number of aliphatic imine (C=N–C) groups is 1. The Morgan fingerprint density at radius 1 is 1.14 bits per heavy atom. The lowest BCUT2D eigenvalue weighted by Crippen LogP contribution is -2.44. The van der Waals surface area contributed by atoms with E-state index in [-0.39, 0.29) is 6.29 Å². The Balaban J connectivity index is 1.29. The predicted octanol–water partition coefficient (Wildman–Crippen LogP) is 4.60. The number of ether oxygens (including phenoxy) is 3. The average molecular weight is 512 g/mol. The minimum absolute atomic E-state index is 0.0428. The Bertz CT molecular complexity index is 1070.